The number of hydrogen-bond acceptors (Lipinski definition) is 6. The first-order valence-electron chi connectivity index (χ1n) is 10.2. The molecule has 4 aromatic rings. The van der Waals surface area contributed by atoms with Crippen molar-refractivity contribution in [2.45, 2.75) is 26.2 Å². The molecule has 1 aromatic carbocycles. The number of hydrogen-bond donors (Lipinski definition) is 2. The number of urea groups is 1. The van der Waals surface area contributed by atoms with Crippen molar-refractivity contribution in [3.63, 3.8) is 0 Å². The third kappa shape index (κ3) is 5.17. The highest BCUT2D eigenvalue weighted by molar-refractivity contribution is 5.99. The van der Waals surface area contributed by atoms with Crippen molar-refractivity contribution >= 4 is 17.6 Å². The second-order valence-corrected chi connectivity index (χ2v) is 8.37. The van der Waals surface area contributed by atoms with E-state index in [0.29, 0.717) is 17.1 Å². The summed E-state index contributed by atoms with van der Waals surface area (Å²) < 4.78 is 27.2. The van der Waals surface area contributed by atoms with Crippen molar-refractivity contribution in [3.05, 3.63) is 66.4 Å². The first kappa shape index (κ1) is 22.0. The smallest absolute Gasteiger partial charge is 0.326 e. The van der Waals surface area contributed by atoms with Crippen molar-refractivity contribution < 1.29 is 18.4 Å². The molecule has 0 saturated carbocycles. The van der Waals surface area contributed by atoms with Crippen LogP contribution in [0.4, 0.5) is 20.8 Å². The molecule has 2 N–H and O–H groups in total. The minimum absolute atomic E-state index is 0.0132. The van der Waals surface area contributed by atoms with Gasteiger partial charge < -0.3 is 14.6 Å². The van der Waals surface area contributed by atoms with Crippen molar-refractivity contribution in [3.8, 4) is 22.9 Å². The van der Waals surface area contributed by atoms with E-state index in [0.717, 1.165) is 5.69 Å². The number of carbonyl (C=O) groups is 1. The Morgan fingerprint density at radius 2 is 1.85 bits per heavy atom. The van der Waals surface area contributed by atoms with Gasteiger partial charge in [0, 0.05) is 43.1 Å². The molecule has 0 aliphatic rings. The molecule has 0 fully saturated rings. The maximum atomic E-state index is 14.6. The number of halogens is 1. The van der Waals surface area contributed by atoms with Gasteiger partial charge in [0.05, 0.1) is 22.8 Å². The van der Waals surface area contributed by atoms with Crippen molar-refractivity contribution in [2.24, 2.45) is 7.05 Å². The standard InChI is InChI=1S/C23H23FN6O3/c1-23(2,3)20-13-21(33-29-20)28-22(31)27-17-6-5-14(11-16(17)24)32-15-7-9-25-18(12-15)19-8-10-26-30(19)4/h5-13H,1-4H3,(H2,27,28,31). The van der Waals surface area contributed by atoms with Gasteiger partial charge in [-0.15, -0.1) is 0 Å². The Bertz CT molecular complexity index is 1290. The van der Waals surface area contributed by atoms with Crippen LogP contribution in [0.1, 0.15) is 26.5 Å². The van der Waals surface area contributed by atoms with E-state index in [9.17, 15) is 9.18 Å². The second-order valence-electron chi connectivity index (χ2n) is 8.37. The van der Waals surface area contributed by atoms with Crippen LogP contribution in [-0.4, -0.2) is 26.0 Å². The predicted molar refractivity (Wildman–Crippen MR) is 121 cm³/mol. The minimum atomic E-state index is -0.658. The average Bonchev–Trinajstić information content (AvgIpc) is 3.39. The number of benzene rings is 1. The number of nitrogens with zero attached hydrogens (tertiary/aromatic N) is 4. The van der Waals surface area contributed by atoms with Gasteiger partial charge in [0.1, 0.15) is 17.3 Å². The number of amides is 2. The molecule has 0 bridgehead atoms. The molecule has 3 heterocycles. The Hall–Kier alpha value is -4.21. The summed E-state index contributed by atoms with van der Waals surface area (Å²) in [5, 5.41) is 13.0. The third-order valence-corrected chi connectivity index (χ3v) is 4.75. The first-order valence-corrected chi connectivity index (χ1v) is 10.2. The monoisotopic (exact) mass is 450 g/mol. The van der Waals surface area contributed by atoms with E-state index >= 15 is 0 Å². The summed E-state index contributed by atoms with van der Waals surface area (Å²) in [5.41, 5.74) is 1.94. The van der Waals surface area contributed by atoms with Crippen LogP contribution < -0.4 is 15.4 Å². The average molecular weight is 450 g/mol. The maximum absolute atomic E-state index is 14.6. The molecule has 0 aliphatic heterocycles. The van der Waals surface area contributed by atoms with Crippen LogP contribution in [0.25, 0.3) is 11.4 Å². The van der Waals surface area contributed by atoms with Crippen LogP contribution in [0.3, 0.4) is 0 Å². The molecular formula is C23H23FN6O3. The molecule has 0 spiro atoms. The number of rotatable bonds is 5. The fourth-order valence-electron chi connectivity index (χ4n) is 2.99. The van der Waals surface area contributed by atoms with E-state index in [1.807, 2.05) is 33.9 Å². The summed E-state index contributed by atoms with van der Waals surface area (Å²) in [5.74, 6) is 0.265. The Balaban J connectivity index is 1.42. The molecule has 0 radical (unpaired) electrons. The Labute approximate surface area is 189 Å². The van der Waals surface area contributed by atoms with Gasteiger partial charge in [-0.1, -0.05) is 25.9 Å². The van der Waals surface area contributed by atoms with Gasteiger partial charge in [-0.05, 0) is 24.3 Å². The molecule has 9 nitrogen and oxygen atoms in total. The van der Waals surface area contributed by atoms with Crippen LogP contribution in [0.2, 0.25) is 0 Å². The Morgan fingerprint density at radius 1 is 1.06 bits per heavy atom. The zero-order valence-electron chi connectivity index (χ0n) is 18.6. The summed E-state index contributed by atoms with van der Waals surface area (Å²) in [6.07, 6.45) is 3.27. The molecule has 170 valence electrons. The van der Waals surface area contributed by atoms with Gasteiger partial charge in [0.2, 0.25) is 5.88 Å². The van der Waals surface area contributed by atoms with Gasteiger partial charge in [-0.2, -0.15) is 5.10 Å². The summed E-state index contributed by atoms with van der Waals surface area (Å²) in [4.78, 5) is 16.5. The number of ether oxygens (including phenoxy) is 1. The van der Waals surface area contributed by atoms with Crippen LogP contribution in [0.5, 0.6) is 11.5 Å². The topological polar surface area (TPSA) is 107 Å². The fraction of sp³-hybridized carbons (Fsp3) is 0.217. The van der Waals surface area contributed by atoms with Crippen LogP contribution in [0, 0.1) is 5.82 Å². The summed E-state index contributed by atoms with van der Waals surface area (Å²) >= 11 is 0. The lowest BCUT2D eigenvalue weighted by atomic mass is 9.92. The number of pyridine rings is 1. The quantitative estimate of drug-likeness (QED) is 0.425. The lowest BCUT2D eigenvalue weighted by molar-refractivity contribution is 0.261. The normalized spacial score (nSPS) is 11.3. The molecule has 2 amide bonds. The van der Waals surface area contributed by atoms with E-state index in [4.69, 9.17) is 9.26 Å². The SMILES string of the molecule is Cn1nccc1-c1cc(Oc2ccc(NC(=O)Nc3cc(C(C)(C)C)no3)c(F)c2)ccn1. The number of anilines is 2. The highest BCUT2D eigenvalue weighted by atomic mass is 19.1. The minimum Gasteiger partial charge on any atom is -0.457 e. The van der Waals surface area contributed by atoms with Crippen molar-refractivity contribution in [1.82, 2.24) is 19.9 Å². The van der Waals surface area contributed by atoms with E-state index in [-0.39, 0.29) is 22.7 Å². The highest BCUT2D eigenvalue weighted by Gasteiger charge is 2.20. The molecule has 33 heavy (non-hydrogen) atoms. The summed E-state index contributed by atoms with van der Waals surface area (Å²) in [6, 6.07) is 10.4. The van der Waals surface area contributed by atoms with Gasteiger partial charge in [0.15, 0.2) is 0 Å². The lowest BCUT2D eigenvalue weighted by Gasteiger charge is -2.12. The van der Waals surface area contributed by atoms with Crippen molar-refractivity contribution in [1.29, 1.82) is 0 Å². The molecule has 0 aliphatic carbocycles. The summed E-state index contributed by atoms with van der Waals surface area (Å²) in [6.45, 7) is 5.91. The van der Waals surface area contributed by atoms with Crippen LogP contribution >= 0.6 is 0 Å². The van der Waals surface area contributed by atoms with E-state index < -0.39 is 11.8 Å². The molecule has 3 aromatic heterocycles. The van der Waals surface area contributed by atoms with Gasteiger partial charge in [0.25, 0.3) is 0 Å². The van der Waals surface area contributed by atoms with Crippen LogP contribution in [-0.2, 0) is 12.5 Å². The zero-order valence-corrected chi connectivity index (χ0v) is 18.6. The molecular weight excluding hydrogens is 427 g/mol. The van der Waals surface area contributed by atoms with Gasteiger partial charge in [-0.25, -0.2) is 9.18 Å². The molecule has 10 heteroatoms. The number of aromatic nitrogens is 4. The number of aryl methyl sites for hydroxylation is 1. The first-order chi connectivity index (χ1) is 15.7. The third-order valence-electron chi connectivity index (χ3n) is 4.75. The molecule has 0 unspecified atom stereocenters. The highest BCUT2D eigenvalue weighted by Crippen LogP contribution is 2.28. The van der Waals surface area contributed by atoms with E-state index in [1.165, 1.54) is 12.1 Å². The van der Waals surface area contributed by atoms with E-state index in [2.05, 4.69) is 25.9 Å². The van der Waals surface area contributed by atoms with Gasteiger partial charge >= 0.3 is 6.03 Å². The lowest BCUT2D eigenvalue weighted by Crippen LogP contribution is -2.19. The number of nitrogens with one attached hydrogen (secondary N) is 2. The maximum Gasteiger partial charge on any atom is 0.326 e. The second kappa shape index (κ2) is 8.73. The molecule has 0 saturated heterocycles. The fourth-order valence-corrected chi connectivity index (χ4v) is 2.99. The Morgan fingerprint density at radius 3 is 2.52 bits per heavy atom. The zero-order chi connectivity index (χ0) is 23.6. The predicted octanol–water partition coefficient (Wildman–Crippen LogP) is 5.34. The molecule has 0 atom stereocenters. The Kier molecular flexibility index (Phi) is 5.82. The largest absolute Gasteiger partial charge is 0.457 e. The van der Waals surface area contributed by atoms with E-state index in [1.54, 1.807) is 41.3 Å². The summed E-state index contributed by atoms with van der Waals surface area (Å²) in [7, 11) is 1.81. The molecule has 4 rings (SSSR count). The van der Waals surface area contributed by atoms with Gasteiger partial charge in [-0.3, -0.25) is 15.0 Å². The van der Waals surface area contributed by atoms with Crippen molar-refractivity contribution in [2.75, 3.05) is 10.6 Å². The van der Waals surface area contributed by atoms with Crippen LogP contribution in [0.15, 0.2) is 59.4 Å². The number of carbonyl (C=O) groups excluding carboxylic acids is 1.